The lowest BCUT2D eigenvalue weighted by Gasteiger charge is -2.14. The van der Waals surface area contributed by atoms with Crippen LogP contribution in [0.5, 0.6) is 0 Å². The lowest BCUT2D eigenvalue weighted by Crippen LogP contribution is -2.25. The summed E-state index contributed by atoms with van der Waals surface area (Å²) < 4.78 is 53.6. The van der Waals surface area contributed by atoms with Crippen molar-refractivity contribution < 1.29 is 17.6 Å². The summed E-state index contributed by atoms with van der Waals surface area (Å²) in [5.41, 5.74) is -2.69. The smallest absolute Gasteiger partial charge is 0.372 e. The monoisotopic (exact) mass is 338 g/mol. The van der Waals surface area contributed by atoms with Crippen LogP contribution in [0.15, 0.2) is 41.2 Å². The highest BCUT2D eigenvalue weighted by atomic mass is 19.4. The third-order valence-electron chi connectivity index (χ3n) is 3.36. The van der Waals surface area contributed by atoms with Crippen LogP contribution in [0.4, 0.5) is 23.4 Å². The van der Waals surface area contributed by atoms with Gasteiger partial charge in [0.2, 0.25) is 0 Å². The second-order valence-electron chi connectivity index (χ2n) is 4.85. The van der Waals surface area contributed by atoms with Gasteiger partial charge in [0.05, 0.1) is 11.1 Å². The number of hydrogen-bond donors (Lipinski definition) is 1. The van der Waals surface area contributed by atoms with Gasteiger partial charge in [0.15, 0.2) is 5.65 Å². The van der Waals surface area contributed by atoms with Gasteiger partial charge in [0.25, 0.3) is 0 Å². The Bertz CT molecular complexity index is 981. The third kappa shape index (κ3) is 2.57. The number of halogens is 4. The minimum atomic E-state index is -4.70. The van der Waals surface area contributed by atoms with Gasteiger partial charge in [-0.1, -0.05) is 12.1 Å². The van der Waals surface area contributed by atoms with E-state index in [0.29, 0.717) is 0 Å². The summed E-state index contributed by atoms with van der Waals surface area (Å²) >= 11 is 0. The number of nitrogens with one attached hydrogen (secondary N) is 1. The van der Waals surface area contributed by atoms with Crippen LogP contribution in [0.1, 0.15) is 5.69 Å². The maximum Gasteiger partial charge on any atom is 0.433 e. The molecule has 3 rings (SSSR count). The average Bonchev–Trinajstić information content (AvgIpc) is 2.54. The molecule has 0 amide bonds. The quantitative estimate of drug-likeness (QED) is 0.730. The number of nitrogens with zero attached hydrogens (tertiary/aromatic N) is 3. The van der Waals surface area contributed by atoms with Crippen LogP contribution >= 0.6 is 0 Å². The summed E-state index contributed by atoms with van der Waals surface area (Å²) in [7, 11) is 1.46. The predicted octanol–water partition coefficient (Wildman–Crippen LogP) is 2.98. The fraction of sp³-hybridized carbons (Fsp3) is 0.133. The summed E-state index contributed by atoms with van der Waals surface area (Å²) in [6.07, 6.45) is -4.70. The van der Waals surface area contributed by atoms with Crippen LogP contribution in [0.25, 0.3) is 16.7 Å². The first kappa shape index (κ1) is 15.9. The lowest BCUT2D eigenvalue weighted by molar-refractivity contribution is -0.141. The Morgan fingerprint density at radius 2 is 1.79 bits per heavy atom. The highest BCUT2D eigenvalue weighted by Gasteiger charge is 2.33. The van der Waals surface area contributed by atoms with Crippen LogP contribution < -0.4 is 11.0 Å². The number of aromatic nitrogens is 3. The largest absolute Gasteiger partial charge is 0.433 e. The Labute approximate surface area is 132 Å². The molecule has 124 valence electrons. The zero-order chi connectivity index (χ0) is 17.5. The van der Waals surface area contributed by atoms with Crippen molar-refractivity contribution in [1.82, 2.24) is 14.5 Å². The molecule has 3 aromatic rings. The molecule has 1 aromatic carbocycles. The van der Waals surface area contributed by atoms with Gasteiger partial charge in [0.1, 0.15) is 17.3 Å². The first-order valence-corrected chi connectivity index (χ1v) is 6.76. The number of para-hydroxylation sites is 1. The Balaban J connectivity index is 2.46. The summed E-state index contributed by atoms with van der Waals surface area (Å²) in [4.78, 5) is 19.5. The van der Waals surface area contributed by atoms with Gasteiger partial charge < -0.3 is 5.32 Å². The second kappa shape index (κ2) is 5.59. The molecule has 0 aliphatic rings. The molecule has 1 N–H and O–H groups in total. The molecule has 0 saturated carbocycles. The number of fused-ring (bicyclic) bond motifs is 1. The molecule has 0 saturated heterocycles. The van der Waals surface area contributed by atoms with Crippen LogP contribution in [-0.2, 0) is 6.18 Å². The molecule has 0 radical (unpaired) electrons. The van der Waals surface area contributed by atoms with Gasteiger partial charge in [-0.3, -0.25) is 0 Å². The number of anilines is 1. The van der Waals surface area contributed by atoms with E-state index in [0.717, 1.165) is 22.8 Å². The first-order chi connectivity index (χ1) is 11.3. The Hall–Kier alpha value is -2.97. The molecule has 0 bridgehead atoms. The highest BCUT2D eigenvalue weighted by Crippen LogP contribution is 2.30. The topological polar surface area (TPSA) is 59.8 Å². The van der Waals surface area contributed by atoms with Crippen LogP contribution in [0.3, 0.4) is 0 Å². The van der Waals surface area contributed by atoms with Crippen molar-refractivity contribution >= 4 is 16.9 Å². The number of rotatable bonds is 2. The van der Waals surface area contributed by atoms with Crippen molar-refractivity contribution in [1.29, 1.82) is 0 Å². The maximum atomic E-state index is 14.0. The zero-order valence-corrected chi connectivity index (χ0v) is 12.2. The molecule has 24 heavy (non-hydrogen) atoms. The molecular formula is C15H10F4N4O. The minimum Gasteiger partial charge on any atom is -0.372 e. The molecule has 0 unspecified atom stereocenters. The number of benzene rings is 1. The van der Waals surface area contributed by atoms with Crippen molar-refractivity contribution in [3.05, 3.63) is 58.4 Å². The second-order valence-corrected chi connectivity index (χ2v) is 4.85. The molecule has 0 atom stereocenters. The molecule has 2 aromatic heterocycles. The van der Waals surface area contributed by atoms with Crippen molar-refractivity contribution in [3.8, 4) is 5.69 Å². The Kier molecular flexibility index (Phi) is 3.70. The predicted molar refractivity (Wildman–Crippen MR) is 79.6 cm³/mol. The van der Waals surface area contributed by atoms with E-state index in [4.69, 9.17) is 0 Å². The molecule has 9 heteroatoms. The molecule has 0 fully saturated rings. The van der Waals surface area contributed by atoms with E-state index in [1.54, 1.807) is 0 Å². The highest BCUT2D eigenvalue weighted by molar-refractivity contribution is 5.87. The summed E-state index contributed by atoms with van der Waals surface area (Å²) in [5, 5.41) is 2.78. The van der Waals surface area contributed by atoms with Gasteiger partial charge in [-0.15, -0.1) is 0 Å². The molecular weight excluding hydrogens is 328 g/mol. The Morgan fingerprint density at radius 1 is 1.08 bits per heavy atom. The first-order valence-electron chi connectivity index (χ1n) is 6.76. The van der Waals surface area contributed by atoms with E-state index >= 15 is 0 Å². The fourth-order valence-electron chi connectivity index (χ4n) is 2.30. The van der Waals surface area contributed by atoms with Gasteiger partial charge in [-0.2, -0.15) is 18.2 Å². The van der Waals surface area contributed by atoms with Crippen molar-refractivity contribution in [2.24, 2.45) is 0 Å². The standard InChI is InChI=1S/C15H10F4N4O/c1-20-12-8-6-7-11(15(17,18)19)21-13(8)23(14(24)22-12)10-5-3-2-4-9(10)16/h2-7H,1H3,(H,20,22,24). The number of alkyl halides is 3. The molecule has 2 heterocycles. The van der Waals surface area contributed by atoms with E-state index < -0.39 is 23.4 Å². The summed E-state index contributed by atoms with van der Waals surface area (Å²) in [6.45, 7) is 0. The van der Waals surface area contributed by atoms with Crippen molar-refractivity contribution in [3.63, 3.8) is 0 Å². The molecule has 5 nitrogen and oxygen atoms in total. The third-order valence-corrected chi connectivity index (χ3v) is 3.36. The van der Waals surface area contributed by atoms with E-state index in [-0.39, 0.29) is 22.5 Å². The van der Waals surface area contributed by atoms with E-state index in [1.165, 1.54) is 25.2 Å². The molecule has 0 spiro atoms. The minimum absolute atomic E-state index is 0.0591. The van der Waals surface area contributed by atoms with Crippen molar-refractivity contribution in [2.75, 3.05) is 12.4 Å². The molecule has 0 aliphatic carbocycles. The number of pyridine rings is 1. The van der Waals surface area contributed by atoms with Crippen molar-refractivity contribution in [2.45, 2.75) is 6.18 Å². The molecule has 0 aliphatic heterocycles. The van der Waals surface area contributed by atoms with E-state index in [9.17, 15) is 22.4 Å². The van der Waals surface area contributed by atoms with E-state index in [1.807, 2.05) is 0 Å². The van der Waals surface area contributed by atoms with Crippen LogP contribution in [-0.4, -0.2) is 21.6 Å². The average molecular weight is 338 g/mol. The van der Waals surface area contributed by atoms with Crippen LogP contribution in [0.2, 0.25) is 0 Å². The van der Waals surface area contributed by atoms with Gasteiger partial charge >= 0.3 is 11.9 Å². The number of hydrogen-bond acceptors (Lipinski definition) is 4. The van der Waals surface area contributed by atoms with Crippen LogP contribution in [0, 0.1) is 5.82 Å². The maximum absolute atomic E-state index is 14.0. The van der Waals surface area contributed by atoms with Gasteiger partial charge in [-0.25, -0.2) is 18.7 Å². The zero-order valence-electron chi connectivity index (χ0n) is 12.2. The summed E-state index contributed by atoms with van der Waals surface area (Å²) in [5.74, 6) is -0.720. The van der Waals surface area contributed by atoms with E-state index in [2.05, 4.69) is 15.3 Å². The summed E-state index contributed by atoms with van der Waals surface area (Å²) in [6, 6.07) is 7.13. The fourth-order valence-corrected chi connectivity index (χ4v) is 2.30. The SMILES string of the molecule is CNc1nc(=O)n(-c2ccccc2F)c2nc(C(F)(F)F)ccc12. The lowest BCUT2D eigenvalue weighted by atomic mass is 10.2. The van der Waals surface area contributed by atoms with Gasteiger partial charge in [-0.05, 0) is 24.3 Å². The van der Waals surface area contributed by atoms with Gasteiger partial charge in [0, 0.05) is 7.05 Å². The normalized spacial score (nSPS) is 11.7. The Morgan fingerprint density at radius 3 is 2.42 bits per heavy atom.